The van der Waals surface area contributed by atoms with Gasteiger partial charge in [-0.15, -0.1) is 0 Å². The molecule has 1 N–H and O–H groups in total. The number of hydrogen-bond acceptors (Lipinski definition) is 5. The van der Waals surface area contributed by atoms with Gasteiger partial charge in [0.2, 0.25) is 0 Å². The van der Waals surface area contributed by atoms with Crippen LogP contribution >= 0.6 is 0 Å². The molecule has 0 saturated carbocycles. The fourth-order valence-corrected chi connectivity index (χ4v) is 3.57. The fourth-order valence-electron chi connectivity index (χ4n) is 3.57. The van der Waals surface area contributed by atoms with Crippen LogP contribution in [0.5, 0.6) is 0 Å². The van der Waals surface area contributed by atoms with Crippen LogP contribution < -0.4 is 5.48 Å². The van der Waals surface area contributed by atoms with E-state index in [-0.39, 0.29) is 12.4 Å². The molecule has 0 bridgehead atoms. The molecule has 0 spiro atoms. The van der Waals surface area contributed by atoms with E-state index in [1.165, 1.54) is 77.0 Å². The Bertz CT molecular complexity index is 427. The third-order valence-electron chi connectivity index (χ3n) is 5.61. The van der Waals surface area contributed by atoms with E-state index < -0.39 is 18.5 Å². The van der Waals surface area contributed by atoms with Crippen molar-refractivity contribution in [2.24, 2.45) is 0 Å². The lowest BCUT2D eigenvalue weighted by Crippen LogP contribution is -2.31. The number of hydroxylamine groups is 1. The van der Waals surface area contributed by atoms with Crippen LogP contribution in [0.3, 0.4) is 0 Å². The molecule has 0 atom stereocenters. The Balaban J connectivity index is 3.46. The third kappa shape index (κ3) is 23.1. The van der Waals surface area contributed by atoms with Crippen molar-refractivity contribution in [3.63, 3.8) is 0 Å². The topological polar surface area (TPSA) is 81.7 Å². The molecule has 0 saturated heterocycles. The summed E-state index contributed by atoms with van der Waals surface area (Å²) in [4.78, 5) is 39.7. The second kappa shape index (κ2) is 24.1. The highest BCUT2D eigenvalue weighted by molar-refractivity contribution is 5.81. The summed E-state index contributed by atoms with van der Waals surface area (Å²) in [6.07, 6.45) is 21.8. The maximum absolute atomic E-state index is 11.7. The number of esters is 1. The molecule has 0 fully saturated rings. The molecule has 0 aliphatic heterocycles. The zero-order valence-electron chi connectivity index (χ0n) is 20.9. The van der Waals surface area contributed by atoms with E-state index >= 15 is 0 Å². The minimum atomic E-state index is -0.620. The highest BCUT2D eigenvalue weighted by Gasteiger charge is 2.10. The Morgan fingerprint density at radius 1 is 0.531 bits per heavy atom. The second-order valence-electron chi connectivity index (χ2n) is 8.82. The fraction of sp³-hybridized carbons (Fsp3) is 0.885. The Morgan fingerprint density at radius 2 is 0.906 bits per heavy atom. The monoisotopic (exact) mass is 455 g/mol. The van der Waals surface area contributed by atoms with Gasteiger partial charge in [0.05, 0.1) is 0 Å². The minimum Gasteiger partial charge on any atom is -0.455 e. The van der Waals surface area contributed by atoms with Crippen LogP contribution in [0.1, 0.15) is 142 Å². The third-order valence-corrected chi connectivity index (χ3v) is 5.61. The second-order valence-corrected chi connectivity index (χ2v) is 8.82. The molecular formula is C26H49NO5. The molecule has 188 valence electrons. The first-order valence-electron chi connectivity index (χ1n) is 13.2. The number of nitrogens with one attached hydrogen (secondary N) is 1. The molecule has 0 heterocycles. The molecule has 0 aliphatic rings. The molecule has 0 unspecified atom stereocenters. The Hall–Kier alpha value is -1.59. The van der Waals surface area contributed by atoms with Crippen molar-refractivity contribution in [2.75, 3.05) is 6.61 Å². The molecule has 1 amide bonds. The highest BCUT2D eigenvalue weighted by Crippen LogP contribution is 2.11. The number of rotatable bonds is 22. The van der Waals surface area contributed by atoms with Crippen LogP contribution in [0, 0.1) is 0 Å². The van der Waals surface area contributed by atoms with Crippen molar-refractivity contribution < 1.29 is 24.0 Å². The summed E-state index contributed by atoms with van der Waals surface area (Å²) in [5.41, 5.74) is 2.06. The van der Waals surface area contributed by atoms with Gasteiger partial charge in [-0.3, -0.25) is 9.59 Å². The number of hydrogen-bond donors (Lipinski definition) is 1. The predicted octanol–water partition coefficient (Wildman–Crippen LogP) is 6.95. The molecule has 0 aliphatic carbocycles. The Kier molecular flexibility index (Phi) is 22.9. The number of carbonyl (C=O) groups is 3. The standard InChI is InChI=1S/C26H49NO5/c1-3-5-7-9-11-13-15-17-19-21-25(29)31-23-24(28)27-32-26(30)22-20-18-16-14-12-10-8-6-4-2/h3-23H2,1-2H3,(H,27,28). The van der Waals surface area contributed by atoms with Crippen LogP contribution in [0.15, 0.2) is 0 Å². The van der Waals surface area contributed by atoms with Gasteiger partial charge in [-0.2, -0.15) is 5.48 Å². The van der Waals surface area contributed by atoms with E-state index in [2.05, 4.69) is 19.3 Å². The van der Waals surface area contributed by atoms with Crippen LogP contribution in [0.4, 0.5) is 0 Å². The summed E-state index contributed by atoms with van der Waals surface area (Å²) in [7, 11) is 0. The van der Waals surface area contributed by atoms with Gasteiger partial charge in [0.15, 0.2) is 6.61 Å². The summed E-state index contributed by atoms with van der Waals surface area (Å²) in [6.45, 7) is 4.02. The van der Waals surface area contributed by atoms with Crippen LogP contribution in [-0.2, 0) is 24.0 Å². The summed E-state index contributed by atoms with van der Waals surface area (Å²) in [5.74, 6) is -1.46. The van der Waals surface area contributed by atoms with Gasteiger partial charge in [0.25, 0.3) is 5.91 Å². The van der Waals surface area contributed by atoms with Crippen LogP contribution in [0.2, 0.25) is 0 Å². The number of ether oxygens (including phenoxy) is 1. The van der Waals surface area contributed by atoms with E-state index in [4.69, 9.17) is 9.57 Å². The number of amides is 1. The van der Waals surface area contributed by atoms with Crippen molar-refractivity contribution in [1.82, 2.24) is 5.48 Å². The summed E-state index contributed by atoms with van der Waals surface area (Å²) in [6, 6.07) is 0. The molecule has 6 nitrogen and oxygen atoms in total. The highest BCUT2D eigenvalue weighted by atomic mass is 16.7. The summed E-state index contributed by atoms with van der Waals surface area (Å²) >= 11 is 0. The summed E-state index contributed by atoms with van der Waals surface area (Å²) in [5, 5.41) is 0. The van der Waals surface area contributed by atoms with Gasteiger partial charge in [0, 0.05) is 12.8 Å². The van der Waals surface area contributed by atoms with Crippen LogP contribution in [0.25, 0.3) is 0 Å². The SMILES string of the molecule is CCCCCCCCCCCC(=O)OCC(=O)NOC(=O)CCCCCCCCCCC. The Labute approximate surface area is 196 Å². The maximum atomic E-state index is 11.7. The lowest BCUT2D eigenvalue weighted by molar-refractivity contribution is -0.162. The van der Waals surface area contributed by atoms with Crippen molar-refractivity contribution in [3.8, 4) is 0 Å². The number of unbranched alkanes of at least 4 members (excludes halogenated alkanes) is 16. The first kappa shape index (κ1) is 30.4. The first-order valence-corrected chi connectivity index (χ1v) is 13.2. The smallest absolute Gasteiger partial charge is 0.332 e. The van der Waals surface area contributed by atoms with Gasteiger partial charge >= 0.3 is 11.9 Å². The average molecular weight is 456 g/mol. The quantitative estimate of drug-likeness (QED) is 0.109. The van der Waals surface area contributed by atoms with Crippen molar-refractivity contribution >= 4 is 17.8 Å². The summed E-state index contributed by atoms with van der Waals surface area (Å²) < 4.78 is 4.93. The minimum absolute atomic E-state index is 0.286. The van der Waals surface area contributed by atoms with Gasteiger partial charge < -0.3 is 9.57 Å². The van der Waals surface area contributed by atoms with Gasteiger partial charge in [-0.05, 0) is 12.8 Å². The zero-order valence-corrected chi connectivity index (χ0v) is 20.9. The van der Waals surface area contributed by atoms with E-state index in [1.54, 1.807) is 0 Å². The molecule has 0 rings (SSSR count). The Morgan fingerprint density at radius 3 is 1.34 bits per heavy atom. The molecule has 6 heteroatoms. The van der Waals surface area contributed by atoms with Crippen molar-refractivity contribution in [2.45, 2.75) is 142 Å². The van der Waals surface area contributed by atoms with Gasteiger partial charge in [0.1, 0.15) is 0 Å². The van der Waals surface area contributed by atoms with Gasteiger partial charge in [-0.25, -0.2) is 4.79 Å². The largest absolute Gasteiger partial charge is 0.455 e. The lowest BCUT2D eigenvalue weighted by atomic mass is 10.1. The normalized spacial score (nSPS) is 10.7. The molecule has 0 aromatic rings. The average Bonchev–Trinajstić information content (AvgIpc) is 2.79. The van der Waals surface area contributed by atoms with E-state index in [0.29, 0.717) is 6.42 Å². The molecule has 32 heavy (non-hydrogen) atoms. The predicted molar refractivity (Wildman–Crippen MR) is 129 cm³/mol. The van der Waals surface area contributed by atoms with Crippen molar-refractivity contribution in [3.05, 3.63) is 0 Å². The van der Waals surface area contributed by atoms with E-state index in [1.807, 2.05) is 0 Å². The van der Waals surface area contributed by atoms with E-state index in [9.17, 15) is 14.4 Å². The van der Waals surface area contributed by atoms with Gasteiger partial charge in [-0.1, -0.05) is 117 Å². The first-order chi connectivity index (χ1) is 15.6. The zero-order chi connectivity index (χ0) is 23.7. The van der Waals surface area contributed by atoms with Crippen LogP contribution in [-0.4, -0.2) is 24.5 Å². The maximum Gasteiger partial charge on any atom is 0.332 e. The lowest BCUT2D eigenvalue weighted by Gasteiger charge is -2.07. The molecule has 0 aromatic carbocycles. The van der Waals surface area contributed by atoms with Crippen molar-refractivity contribution in [1.29, 1.82) is 0 Å². The van der Waals surface area contributed by atoms with E-state index in [0.717, 1.165) is 38.5 Å². The molecular weight excluding hydrogens is 406 g/mol. The molecule has 0 aromatic heterocycles. The molecule has 0 radical (unpaired) electrons. The number of carbonyl (C=O) groups excluding carboxylic acids is 3.